The number of fused-ring (bicyclic) bond motifs is 1. The topological polar surface area (TPSA) is 12.5 Å². The zero-order valence-corrected chi connectivity index (χ0v) is 13.1. The fourth-order valence-electron chi connectivity index (χ4n) is 4.66. The van der Waals surface area contributed by atoms with E-state index in [4.69, 9.17) is 4.74 Å². The Morgan fingerprint density at radius 2 is 1.61 bits per heavy atom. The molecule has 2 fully saturated rings. The second-order valence-electron chi connectivity index (χ2n) is 7.06. The van der Waals surface area contributed by atoms with Crippen molar-refractivity contribution in [3.8, 4) is 0 Å². The van der Waals surface area contributed by atoms with Crippen LogP contribution in [-0.2, 0) is 4.74 Å². The molecule has 2 aromatic carbocycles. The highest BCUT2D eigenvalue weighted by atomic mass is 16.5. The number of hydrogen-bond acceptors (Lipinski definition) is 2. The summed E-state index contributed by atoms with van der Waals surface area (Å²) in [5.41, 5.74) is 2.72. The minimum absolute atomic E-state index is 0.0214. The summed E-state index contributed by atoms with van der Waals surface area (Å²) in [6, 6.07) is 22.1. The van der Waals surface area contributed by atoms with Crippen LogP contribution in [0.2, 0.25) is 0 Å². The Balaban J connectivity index is 1.53. The maximum Gasteiger partial charge on any atom is 0.104 e. The van der Waals surface area contributed by atoms with Crippen LogP contribution in [0.4, 0.5) is 0 Å². The van der Waals surface area contributed by atoms with Crippen LogP contribution in [0, 0.1) is 5.92 Å². The minimum Gasteiger partial charge on any atom is -0.362 e. The monoisotopic (exact) mass is 303 g/mol. The highest BCUT2D eigenvalue weighted by Crippen LogP contribution is 2.50. The Bertz CT molecular complexity index is 687. The van der Waals surface area contributed by atoms with Crippen LogP contribution in [0.5, 0.6) is 0 Å². The van der Waals surface area contributed by atoms with Gasteiger partial charge in [-0.3, -0.25) is 4.90 Å². The van der Waals surface area contributed by atoms with Gasteiger partial charge in [0.2, 0.25) is 0 Å². The van der Waals surface area contributed by atoms with Crippen molar-refractivity contribution >= 4 is 0 Å². The molecule has 2 nitrogen and oxygen atoms in total. The Hall–Kier alpha value is -1.90. The van der Waals surface area contributed by atoms with E-state index >= 15 is 0 Å². The first-order valence-electron chi connectivity index (χ1n) is 8.55. The summed E-state index contributed by atoms with van der Waals surface area (Å²) in [4.78, 5) is 2.61. The summed E-state index contributed by atoms with van der Waals surface area (Å²) in [6.45, 7) is 2.12. The summed E-state index contributed by atoms with van der Waals surface area (Å²) < 4.78 is 6.28. The lowest BCUT2D eigenvalue weighted by Gasteiger charge is -2.30. The molecule has 0 aromatic heterocycles. The zero-order chi connectivity index (χ0) is 15.3. The molecule has 5 rings (SSSR count). The van der Waals surface area contributed by atoms with Crippen molar-refractivity contribution in [2.75, 3.05) is 13.1 Å². The average Bonchev–Trinajstić information content (AvgIpc) is 3.25. The molecule has 3 heterocycles. The average molecular weight is 303 g/mol. The van der Waals surface area contributed by atoms with Gasteiger partial charge in [-0.25, -0.2) is 0 Å². The van der Waals surface area contributed by atoms with E-state index in [1.54, 1.807) is 0 Å². The van der Waals surface area contributed by atoms with Crippen molar-refractivity contribution in [2.45, 2.75) is 24.2 Å². The van der Waals surface area contributed by atoms with E-state index in [-0.39, 0.29) is 5.60 Å². The molecular formula is C21H21NO. The van der Waals surface area contributed by atoms with E-state index in [9.17, 15) is 0 Å². The molecule has 0 aliphatic carbocycles. The molecule has 3 aliphatic heterocycles. The van der Waals surface area contributed by atoms with Gasteiger partial charge in [-0.1, -0.05) is 72.8 Å². The van der Waals surface area contributed by atoms with Gasteiger partial charge in [-0.2, -0.15) is 0 Å². The number of rotatable bonds is 3. The first-order chi connectivity index (χ1) is 11.3. The summed E-state index contributed by atoms with van der Waals surface area (Å²) in [7, 11) is 0. The van der Waals surface area contributed by atoms with Crippen molar-refractivity contribution in [3.63, 3.8) is 0 Å². The van der Waals surface area contributed by atoms with Gasteiger partial charge in [0, 0.05) is 19.0 Å². The third kappa shape index (κ3) is 2.09. The molecule has 0 saturated carbocycles. The molecule has 3 atom stereocenters. The van der Waals surface area contributed by atoms with Gasteiger partial charge in [0.05, 0.1) is 12.1 Å². The number of likely N-dealkylation sites (tertiary alicyclic amines) is 1. The smallest absolute Gasteiger partial charge is 0.104 e. The molecule has 1 spiro atoms. The molecule has 2 bridgehead atoms. The van der Waals surface area contributed by atoms with Crippen molar-refractivity contribution in [1.82, 2.24) is 4.90 Å². The van der Waals surface area contributed by atoms with Gasteiger partial charge in [-0.15, -0.1) is 0 Å². The number of hydrogen-bond donors (Lipinski definition) is 0. The minimum atomic E-state index is -0.0214. The predicted octanol–water partition coefficient (Wildman–Crippen LogP) is 3.81. The van der Waals surface area contributed by atoms with Gasteiger partial charge in [0.1, 0.15) is 5.60 Å². The second-order valence-corrected chi connectivity index (χ2v) is 7.06. The lowest BCUT2D eigenvalue weighted by Crippen LogP contribution is -2.34. The number of nitrogens with zero attached hydrogens (tertiary/aromatic N) is 1. The lowest BCUT2D eigenvalue weighted by molar-refractivity contribution is 0.0211. The van der Waals surface area contributed by atoms with E-state index < -0.39 is 0 Å². The fourth-order valence-corrected chi connectivity index (χ4v) is 4.66. The molecular weight excluding hydrogens is 282 g/mol. The van der Waals surface area contributed by atoms with E-state index in [0.717, 1.165) is 13.1 Å². The third-order valence-corrected chi connectivity index (χ3v) is 5.67. The number of ether oxygens (including phenoxy) is 1. The van der Waals surface area contributed by atoms with Crippen LogP contribution in [0.3, 0.4) is 0 Å². The molecule has 2 heteroatoms. The largest absolute Gasteiger partial charge is 0.362 e. The summed E-state index contributed by atoms with van der Waals surface area (Å²) in [5, 5.41) is 0. The molecule has 0 radical (unpaired) electrons. The number of benzene rings is 2. The molecule has 2 aromatic rings. The highest BCUT2D eigenvalue weighted by Gasteiger charge is 2.56. The molecule has 3 aliphatic rings. The van der Waals surface area contributed by atoms with Crippen LogP contribution in [0.1, 0.15) is 23.6 Å². The van der Waals surface area contributed by atoms with Crippen LogP contribution < -0.4 is 0 Å². The van der Waals surface area contributed by atoms with E-state index in [1.807, 2.05) is 0 Å². The summed E-state index contributed by atoms with van der Waals surface area (Å²) in [5.74, 6) is 0.646. The fraction of sp³-hybridized carbons (Fsp3) is 0.333. The van der Waals surface area contributed by atoms with Crippen LogP contribution in [0.15, 0.2) is 72.8 Å². The van der Waals surface area contributed by atoms with Gasteiger partial charge < -0.3 is 4.74 Å². The normalized spacial score (nSPS) is 31.9. The molecule has 0 amide bonds. The first kappa shape index (κ1) is 13.5. The van der Waals surface area contributed by atoms with Gasteiger partial charge in [-0.05, 0) is 17.5 Å². The SMILES string of the molecule is C1=CC23CN(C(c4ccccc4)c4ccccc4)CC2CC1O3. The summed E-state index contributed by atoms with van der Waals surface area (Å²) in [6.07, 6.45) is 6.15. The van der Waals surface area contributed by atoms with Crippen LogP contribution in [-0.4, -0.2) is 29.7 Å². The van der Waals surface area contributed by atoms with Crippen molar-refractivity contribution in [3.05, 3.63) is 83.9 Å². The predicted molar refractivity (Wildman–Crippen MR) is 91.2 cm³/mol. The second kappa shape index (κ2) is 5.05. The van der Waals surface area contributed by atoms with Crippen molar-refractivity contribution in [2.24, 2.45) is 5.92 Å². The van der Waals surface area contributed by atoms with Crippen molar-refractivity contribution < 1.29 is 4.74 Å². The van der Waals surface area contributed by atoms with E-state index in [0.29, 0.717) is 18.1 Å². The molecule has 0 N–H and O–H groups in total. The summed E-state index contributed by atoms with van der Waals surface area (Å²) >= 11 is 0. The van der Waals surface area contributed by atoms with Gasteiger partial charge in [0.25, 0.3) is 0 Å². The Kier molecular flexibility index (Phi) is 2.97. The standard InChI is InChI=1S/C21H21NO/c1-3-7-16(8-4-1)20(17-9-5-2-6-10-17)22-14-18-13-19-11-12-21(18,15-22)23-19/h1-12,18-20H,13-15H2. The van der Waals surface area contributed by atoms with E-state index in [2.05, 4.69) is 77.7 Å². The van der Waals surface area contributed by atoms with Gasteiger partial charge in [0.15, 0.2) is 0 Å². The molecule has 2 saturated heterocycles. The maximum absolute atomic E-state index is 6.28. The Labute approximate surface area is 137 Å². The van der Waals surface area contributed by atoms with Crippen LogP contribution >= 0.6 is 0 Å². The van der Waals surface area contributed by atoms with Crippen LogP contribution in [0.25, 0.3) is 0 Å². The zero-order valence-electron chi connectivity index (χ0n) is 13.1. The lowest BCUT2D eigenvalue weighted by atomic mass is 9.86. The van der Waals surface area contributed by atoms with Gasteiger partial charge >= 0.3 is 0 Å². The first-order valence-corrected chi connectivity index (χ1v) is 8.55. The molecule has 3 unspecified atom stereocenters. The van der Waals surface area contributed by atoms with E-state index in [1.165, 1.54) is 17.5 Å². The molecule has 116 valence electrons. The quantitative estimate of drug-likeness (QED) is 0.800. The van der Waals surface area contributed by atoms with Crippen molar-refractivity contribution in [1.29, 1.82) is 0 Å². The maximum atomic E-state index is 6.28. The third-order valence-electron chi connectivity index (χ3n) is 5.67. The molecule has 23 heavy (non-hydrogen) atoms. The Morgan fingerprint density at radius 3 is 2.17 bits per heavy atom. The Morgan fingerprint density at radius 1 is 0.957 bits per heavy atom. The highest BCUT2D eigenvalue weighted by molar-refractivity contribution is 5.34.